The van der Waals surface area contributed by atoms with Crippen molar-refractivity contribution in [3.63, 3.8) is 0 Å². The van der Waals surface area contributed by atoms with Crippen LogP contribution in [-0.2, 0) is 16.0 Å². The summed E-state index contributed by atoms with van der Waals surface area (Å²) in [6, 6.07) is 24.1. The maximum Gasteiger partial charge on any atom is 0.410 e. The fraction of sp³-hybridized carbons (Fsp3) is 0.324. The van der Waals surface area contributed by atoms with Gasteiger partial charge >= 0.3 is 18.0 Å². The third kappa shape index (κ3) is 8.70. The van der Waals surface area contributed by atoms with E-state index in [1.165, 1.54) is 11.0 Å². The van der Waals surface area contributed by atoms with E-state index in [4.69, 9.17) is 4.74 Å². The zero-order valence-corrected chi connectivity index (χ0v) is 24.7. The van der Waals surface area contributed by atoms with E-state index in [0.717, 1.165) is 16.7 Å². The molecule has 0 heterocycles. The number of aromatic carboxylic acids is 1. The molecule has 0 bridgehead atoms. The summed E-state index contributed by atoms with van der Waals surface area (Å²) in [5, 5.41) is 23.4. The molecule has 3 aromatic carbocycles. The average molecular weight is 573 g/mol. The van der Waals surface area contributed by atoms with Crippen molar-refractivity contribution in [2.24, 2.45) is 5.41 Å². The number of carbonyl (C=O) groups is 3. The summed E-state index contributed by atoms with van der Waals surface area (Å²) in [4.78, 5) is 38.7. The van der Waals surface area contributed by atoms with Crippen LogP contribution >= 0.6 is 0 Å². The van der Waals surface area contributed by atoms with E-state index in [2.05, 4.69) is 11.9 Å². The number of hydrogen-bond acceptors (Lipinski definition) is 5. The Hall–Kier alpha value is -4.59. The second-order valence-electron chi connectivity index (χ2n) is 11.5. The Bertz CT molecular complexity index is 1410. The van der Waals surface area contributed by atoms with Crippen molar-refractivity contribution < 1.29 is 29.3 Å². The third-order valence-electron chi connectivity index (χ3n) is 7.01. The van der Waals surface area contributed by atoms with Gasteiger partial charge in [0.25, 0.3) is 0 Å². The van der Waals surface area contributed by atoms with Gasteiger partial charge in [-0.25, -0.2) is 9.59 Å². The molecule has 3 N–H and O–H groups in total. The number of ether oxygens (including phenoxy) is 1. The normalized spacial score (nSPS) is 12.6. The van der Waals surface area contributed by atoms with Crippen molar-refractivity contribution in [2.45, 2.75) is 45.6 Å². The van der Waals surface area contributed by atoms with Crippen LogP contribution in [-0.4, -0.2) is 58.9 Å². The van der Waals surface area contributed by atoms with Crippen LogP contribution in [0.15, 0.2) is 85.4 Å². The van der Waals surface area contributed by atoms with Crippen LogP contribution in [0.4, 0.5) is 4.79 Å². The molecule has 0 aliphatic rings. The first-order valence-corrected chi connectivity index (χ1v) is 13.9. The lowest BCUT2D eigenvalue weighted by atomic mass is 9.77. The van der Waals surface area contributed by atoms with Gasteiger partial charge in [-0.1, -0.05) is 79.4 Å². The first-order valence-electron chi connectivity index (χ1n) is 13.9. The quantitative estimate of drug-likeness (QED) is 0.212. The molecule has 1 amide bonds. The summed E-state index contributed by atoms with van der Waals surface area (Å²) in [5.74, 6) is -2.10. The standard InChI is InChI=1S/C34H40N2O6/c1-24(28-17-9-10-18-29(28)30(37)38)35-23-34(31(39)40,19-12-20-36(5)32(41)42-33(2,3)4)22-25-13-11-16-27(21-25)26-14-7-6-8-15-26/h6-11,13-18,21,35H,1,12,19-20,22-23H2,2-5H3,(H,37,38)(H,39,40). The molecule has 0 aromatic heterocycles. The number of aliphatic carboxylic acids is 1. The number of rotatable bonds is 13. The molecule has 0 aliphatic carbocycles. The number of hydrogen-bond donors (Lipinski definition) is 3. The summed E-state index contributed by atoms with van der Waals surface area (Å²) >= 11 is 0. The third-order valence-corrected chi connectivity index (χ3v) is 7.01. The van der Waals surface area contributed by atoms with E-state index >= 15 is 0 Å². The first-order chi connectivity index (χ1) is 19.8. The molecule has 8 nitrogen and oxygen atoms in total. The van der Waals surface area contributed by atoms with Crippen LogP contribution in [0.25, 0.3) is 16.8 Å². The Labute approximate surface area is 247 Å². The highest BCUT2D eigenvalue weighted by Gasteiger charge is 2.39. The second kappa shape index (κ2) is 13.9. The van der Waals surface area contributed by atoms with Crippen molar-refractivity contribution in [1.29, 1.82) is 0 Å². The lowest BCUT2D eigenvalue weighted by molar-refractivity contribution is -0.149. The Balaban J connectivity index is 1.88. The van der Waals surface area contributed by atoms with Crippen LogP contribution in [0.3, 0.4) is 0 Å². The minimum absolute atomic E-state index is 0.000830. The molecule has 0 spiro atoms. The van der Waals surface area contributed by atoms with Gasteiger partial charge in [-0.3, -0.25) is 4.79 Å². The molecular formula is C34H40N2O6. The van der Waals surface area contributed by atoms with Crippen molar-refractivity contribution in [1.82, 2.24) is 10.2 Å². The van der Waals surface area contributed by atoms with Crippen LogP contribution in [0.2, 0.25) is 0 Å². The van der Waals surface area contributed by atoms with Gasteiger partial charge < -0.3 is 25.2 Å². The fourth-order valence-corrected chi connectivity index (χ4v) is 4.77. The number of carboxylic acids is 2. The van der Waals surface area contributed by atoms with Gasteiger partial charge in [0.05, 0.1) is 11.0 Å². The molecule has 1 unspecified atom stereocenters. The van der Waals surface area contributed by atoms with Crippen molar-refractivity contribution in [3.05, 3.63) is 102 Å². The SMILES string of the molecule is C=C(NCC(CCCN(C)C(=O)OC(C)(C)C)(Cc1cccc(-c2ccccc2)c1)C(=O)O)c1ccccc1C(=O)O. The van der Waals surface area contributed by atoms with Crippen molar-refractivity contribution in [2.75, 3.05) is 20.1 Å². The Morgan fingerprint density at radius 1 is 0.881 bits per heavy atom. The summed E-state index contributed by atoms with van der Waals surface area (Å²) < 4.78 is 5.44. The predicted molar refractivity (Wildman–Crippen MR) is 164 cm³/mol. The fourth-order valence-electron chi connectivity index (χ4n) is 4.77. The van der Waals surface area contributed by atoms with E-state index < -0.39 is 29.0 Å². The Morgan fingerprint density at radius 2 is 1.50 bits per heavy atom. The van der Waals surface area contributed by atoms with Crippen molar-refractivity contribution >= 4 is 23.7 Å². The molecule has 222 valence electrons. The van der Waals surface area contributed by atoms with E-state index in [1.807, 2.05) is 54.6 Å². The van der Waals surface area contributed by atoms with E-state index in [-0.39, 0.29) is 24.9 Å². The lowest BCUT2D eigenvalue weighted by Crippen LogP contribution is -2.43. The van der Waals surface area contributed by atoms with Crippen LogP contribution in [0.5, 0.6) is 0 Å². The minimum Gasteiger partial charge on any atom is -0.481 e. The molecule has 0 aliphatic heterocycles. The van der Waals surface area contributed by atoms with Gasteiger partial charge in [0, 0.05) is 31.4 Å². The van der Waals surface area contributed by atoms with E-state index in [1.54, 1.807) is 46.0 Å². The molecule has 8 heteroatoms. The predicted octanol–water partition coefficient (Wildman–Crippen LogP) is 6.57. The topological polar surface area (TPSA) is 116 Å². The highest BCUT2D eigenvalue weighted by Crippen LogP contribution is 2.32. The zero-order valence-electron chi connectivity index (χ0n) is 24.7. The highest BCUT2D eigenvalue weighted by atomic mass is 16.6. The Kier molecular flexibility index (Phi) is 10.5. The number of amides is 1. The van der Waals surface area contributed by atoms with E-state index in [0.29, 0.717) is 24.2 Å². The number of nitrogens with one attached hydrogen (secondary N) is 1. The molecule has 0 saturated carbocycles. The molecule has 42 heavy (non-hydrogen) atoms. The monoisotopic (exact) mass is 572 g/mol. The maximum absolute atomic E-state index is 13.0. The first kappa shape index (κ1) is 31.9. The van der Waals surface area contributed by atoms with Gasteiger partial charge in [-0.05, 0) is 62.8 Å². The Morgan fingerprint density at radius 3 is 2.12 bits per heavy atom. The molecule has 0 radical (unpaired) electrons. The van der Waals surface area contributed by atoms with Crippen LogP contribution in [0, 0.1) is 5.41 Å². The number of carbonyl (C=O) groups excluding carboxylic acids is 1. The maximum atomic E-state index is 13.0. The highest BCUT2D eigenvalue weighted by molar-refractivity contribution is 5.93. The molecule has 1 atom stereocenters. The molecular weight excluding hydrogens is 532 g/mol. The number of carboxylic acid groups (broad SMARTS) is 2. The van der Waals surface area contributed by atoms with Gasteiger partial charge in [0.15, 0.2) is 0 Å². The second-order valence-corrected chi connectivity index (χ2v) is 11.5. The van der Waals surface area contributed by atoms with Gasteiger partial charge in [-0.15, -0.1) is 0 Å². The molecule has 3 rings (SSSR count). The van der Waals surface area contributed by atoms with Gasteiger partial charge in [-0.2, -0.15) is 0 Å². The molecule has 0 fully saturated rings. The van der Waals surface area contributed by atoms with Crippen LogP contribution in [0.1, 0.15) is 55.1 Å². The molecule has 3 aromatic rings. The van der Waals surface area contributed by atoms with Gasteiger partial charge in [0.1, 0.15) is 5.60 Å². The molecule has 0 saturated heterocycles. The summed E-state index contributed by atoms with van der Waals surface area (Å²) in [6.45, 7) is 9.69. The summed E-state index contributed by atoms with van der Waals surface area (Å²) in [6.07, 6.45) is 0.377. The zero-order chi connectivity index (χ0) is 30.9. The summed E-state index contributed by atoms with van der Waals surface area (Å²) in [7, 11) is 1.63. The lowest BCUT2D eigenvalue weighted by Gasteiger charge is -2.32. The van der Waals surface area contributed by atoms with E-state index in [9.17, 15) is 24.6 Å². The average Bonchev–Trinajstić information content (AvgIpc) is 2.95. The minimum atomic E-state index is -1.29. The van der Waals surface area contributed by atoms with Crippen LogP contribution < -0.4 is 5.32 Å². The van der Waals surface area contributed by atoms with Gasteiger partial charge in [0.2, 0.25) is 0 Å². The van der Waals surface area contributed by atoms with Crippen molar-refractivity contribution in [3.8, 4) is 11.1 Å². The summed E-state index contributed by atoms with van der Waals surface area (Å²) in [5.41, 5.74) is 1.70. The number of nitrogens with zero attached hydrogens (tertiary/aromatic N) is 1. The smallest absolute Gasteiger partial charge is 0.410 e. The number of benzene rings is 3. The largest absolute Gasteiger partial charge is 0.481 e.